The zero-order chi connectivity index (χ0) is 20.9. The molecule has 1 N–H and O–H groups in total. The smallest absolute Gasteiger partial charge is 0.257 e. The molecule has 0 unspecified atom stereocenters. The number of hydrogen-bond acceptors (Lipinski definition) is 4. The van der Waals surface area contributed by atoms with E-state index in [1.807, 2.05) is 24.3 Å². The molecule has 0 spiro atoms. The van der Waals surface area contributed by atoms with Crippen molar-refractivity contribution in [2.24, 2.45) is 0 Å². The summed E-state index contributed by atoms with van der Waals surface area (Å²) >= 11 is 0. The number of carbonyl (C=O) groups excluding carboxylic acids is 2. The lowest BCUT2D eigenvalue weighted by Gasteiger charge is -2.36. The highest BCUT2D eigenvalue weighted by Crippen LogP contribution is 2.21. The third-order valence-corrected chi connectivity index (χ3v) is 5.07. The van der Waals surface area contributed by atoms with Crippen LogP contribution in [0.3, 0.4) is 0 Å². The molecule has 0 saturated carbocycles. The van der Waals surface area contributed by atoms with Crippen LogP contribution in [0.5, 0.6) is 0 Å². The average molecular weight is 404 g/mol. The van der Waals surface area contributed by atoms with Crippen molar-refractivity contribution < 1.29 is 14.0 Å². The molecule has 1 aliphatic rings. The summed E-state index contributed by atoms with van der Waals surface area (Å²) in [7, 11) is 0. The fourth-order valence-corrected chi connectivity index (χ4v) is 3.40. The second kappa shape index (κ2) is 8.73. The first-order valence-corrected chi connectivity index (χ1v) is 9.71. The quantitative estimate of drug-likeness (QED) is 0.724. The Morgan fingerprint density at radius 3 is 2.20 bits per heavy atom. The molecule has 6 nitrogen and oxygen atoms in total. The fraction of sp³-hybridized carbons (Fsp3) is 0.174. The largest absolute Gasteiger partial charge is 0.368 e. The lowest BCUT2D eigenvalue weighted by Crippen LogP contribution is -2.48. The molecule has 0 radical (unpaired) electrons. The fourth-order valence-electron chi connectivity index (χ4n) is 3.40. The first-order chi connectivity index (χ1) is 14.6. The van der Waals surface area contributed by atoms with Crippen LogP contribution in [0.15, 0.2) is 73.1 Å². The molecule has 0 aliphatic carbocycles. The summed E-state index contributed by atoms with van der Waals surface area (Å²) in [6, 6.07) is 16.7. The number of nitrogens with one attached hydrogen (secondary N) is 1. The van der Waals surface area contributed by atoms with Crippen LogP contribution in [0.1, 0.15) is 20.7 Å². The Bertz CT molecular complexity index is 1020. The second-order valence-corrected chi connectivity index (χ2v) is 7.03. The van der Waals surface area contributed by atoms with E-state index in [0.717, 1.165) is 5.69 Å². The third-order valence-electron chi connectivity index (χ3n) is 5.07. The van der Waals surface area contributed by atoms with E-state index in [2.05, 4.69) is 15.2 Å². The van der Waals surface area contributed by atoms with Crippen molar-refractivity contribution in [2.45, 2.75) is 0 Å². The summed E-state index contributed by atoms with van der Waals surface area (Å²) in [5.74, 6) is -0.636. The normalized spacial score (nSPS) is 13.8. The van der Waals surface area contributed by atoms with E-state index in [0.29, 0.717) is 43.0 Å². The molecule has 0 bridgehead atoms. The number of benzene rings is 2. The summed E-state index contributed by atoms with van der Waals surface area (Å²) in [6.07, 6.45) is 3.15. The predicted molar refractivity (Wildman–Crippen MR) is 113 cm³/mol. The van der Waals surface area contributed by atoms with Gasteiger partial charge >= 0.3 is 0 Å². The van der Waals surface area contributed by atoms with Gasteiger partial charge in [0.2, 0.25) is 0 Å². The highest BCUT2D eigenvalue weighted by molar-refractivity contribution is 6.04. The molecule has 2 heterocycles. The van der Waals surface area contributed by atoms with E-state index >= 15 is 0 Å². The number of aromatic nitrogens is 1. The summed E-state index contributed by atoms with van der Waals surface area (Å²) in [6.45, 7) is 2.59. The molecule has 7 heteroatoms. The predicted octanol–water partition coefficient (Wildman–Crippen LogP) is 3.44. The monoisotopic (exact) mass is 404 g/mol. The number of halogens is 1. The van der Waals surface area contributed by atoms with E-state index in [1.165, 1.54) is 30.5 Å². The lowest BCUT2D eigenvalue weighted by molar-refractivity contribution is 0.0746. The molecular formula is C23H21FN4O2. The van der Waals surface area contributed by atoms with Crippen molar-refractivity contribution >= 4 is 23.2 Å². The maximum atomic E-state index is 13.1. The number of hydrogen-bond donors (Lipinski definition) is 1. The van der Waals surface area contributed by atoms with Gasteiger partial charge in [0.1, 0.15) is 5.82 Å². The molecule has 4 rings (SSSR count). The van der Waals surface area contributed by atoms with Gasteiger partial charge in [-0.3, -0.25) is 14.6 Å². The maximum absolute atomic E-state index is 13.1. The Labute approximate surface area is 174 Å². The van der Waals surface area contributed by atoms with Crippen molar-refractivity contribution in [3.8, 4) is 0 Å². The molecular weight excluding hydrogens is 383 g/mol. The highest BCUT2D eigenvalue weighted by Gasteiger charge is 2.22. The van der Waals surface area contributed by atoms with Gasteiger partial charge in [0, 0.05) is 55.5 Å². The Balaban J connectivity index is 1.33. The van der Waals surface area contributed by atoms with Crippen LogP contribution in [-0.2, 0) is 0 Å². The number of rotatable bonds is 4. The molecule has 1 aromatic heterocycles. The van der Waals surface area contributed by atoms with Gasteiger partial charge in [-0.15, -0.1) is 0 Å². The summed E-state index contributed by atoms with van der Waals surface area (Å²) in [4.78, 5) is 32.7. The summed E-state index contributed by atoms with van der Waals surface area (Å²) in [5.41, 5.74) is 2.74. The van der Waals surface area contributed by atoms with Crippen LogP contribution in [0.25, 0.3) is 0 Å². The highest BCUT2D eigenvalue weighted by atomic mass is 19.1. The zero-order valence-electron chi connectivity index (χ0n) is 16.3. The van der Waals surface area contributed by atoms with Crippen LogP contribution in [0.4, 0.5) is 15.8 Å². The lowest BCUT2D eigenvalue weighted by atomic mass is 10.1. The van der Waals surface area contributed by atoms with E-state index < -0.39 is 0 Å². The van der Waals surface area contributed by atoms with E-state index in [9.17, 15) is 14.0 Å². The topological polar surface area (TPSA) is 65.5 Å². The van der Waals surface area contributed by atoms with E-state index in [1.54, 1.807) is 23.2 Å². The van der Waals surface area contributed by atoms with E-state index in [4.69, 9.17) is 0 Å². The molecule has 152 valence electrons. The van der Waals surface area contributed by atoms with Gasteiger partial charge in [0.15, 0.2) is 0 Å². The number of piperazine rings is 1. The number of amides is 2. The Morgan fingerprint density at radius 1 is 0.867 bits per heavy atom. The summed E-state index contributed by atoms with van der Waals surface area (Å²) < 4.78 is 13.1. The van der Waals surface area contributed by atoms with Crippen LogP contribution in [0, 0.1) is 5.82 Å². The maximum Gasteiger partial charge on any atom is 0.257 e. The van der Waals surface area contributed by atoms with Gasteiger partial charge < -0.3 is 15.1 Å². The van der Waals surface area contributed by atoms with Gasteiger partial charge in [-0.25, -0.2) is 4.39 Å². The molecule has 1 aliphatic heterocycles. The first kappa shape index (κ1) is 19.6. The molecule has 2 aromatic carbocycles. The Kier molecular flexibility index (Phi) is 5.70. The van der Waals surface area contributed by atoms with E-state index in [-0.39, 0.29) is 17.6 Å². The standard InChI is InChI=1S/C23H21FN4O2/c24-19-5-3-17(4-6-19)23(30)28-14-12-27(13-15-28)21-9-7-20(8-10-21)26-22(29)18-2-1-11-25-16-18/h1-11,16H,12-15H2,(H,26,29). The van der Waals surface area contributed by atoms with Gasteiger partial charge in [-0.2, -0.15) is 0 Å². The molecule has 1 saturated heterocycles. The van der Waals surface area contributed by atoms with Crippen LogP contribution in [0.2, 0.25) is 0 Å². The number of pyridine rings is 1. The van der Waals surface area contributed by atoms with Gasteiger partial charge in [0.25, 0.3) is 11.8 Å². The second-order valence-electron chi connectivity index (χ2n) is 7.03. The summed E-state index contributed by atoms with van der Waals surface area (Å²) in [5, 5.41) is 2.86. The van der Waals surface area contributed by atoms with Crippen molar-refractivity contribution in [1.82, 2.24) is 9.88 Å². The third kappa shape index (κ3) is 4.46. The van der Waals surface area contributed by atoms with Crippen molar-refractivity contribution in [3.63, 3.8) is 0 Å². The minimum absolute atomic E-state index is 0.0805. The van der Waals surface area contributed by atoms with Gasteiger partial charge in [0.05, 0.1) is 5.56 Å². The molecule has 3 aromatic rings. The number of nitrogens with zero attached hydrogens (tertiary/aromatic N) is 3. The zero-order valence-corrected chi connectivity index (χ0v) is 16.3. The number of carbonyl (C=O) groups is 2. The van der Waals surface area contributed by atoms with Crippen LogP contribution < -0.4 is 10.2 Å². The van der Waals surface area contributed by atoms with Crippen LogP contribution in [-0.4, -0.2) is 47.9 Å². The minimum Gasteiger partial charge on any atom is -0.368 e. The average Bonchev–Trinajstić information content (AvgIpc) is 2.80. The Morgan fingerprint density at radius 2 is 1.57 bits per heavy atom. The Hall–Kier alpha value is -3.74. The molecule has 1 fully saturated rings. The SMILES string of the molecule is O=C(Nc1ccc(N2CCN(C(=O)c3ccc(F)cc3)CC2)cc1)c1cccnc1. The molecule has 2 amide bonds. The minimum atomic E-state index is -0.351. The first-order valence-electron chi connectivity index (χ1n) is 9.71. The van der Waals surface area contributed by atoms with Gasteiger partial charge in [-0.05, 0) is 60.7 Å². The number of anilines is 2. The van der Waals surface area contributed by atoms with Crippen molar-refractivity contribution in [2.75, 3.05) is 36.4 Å². The molecule has 0 atom stereocenters. The van der Waals surface area contributed by atoms with Gasteiger partial charge in [-0.1, -0.05) is 0 Å². The molecule has 30 heavy (non-hydrogen) atoms. The van der Waals surface area contributed by atoms with Crippen LogP contribution >= 0.6 is 0 Å². The van der Waals surface area contributed by atoms with Crippen molar-refractivity contribution in [1.29, 1.82) is 0 Å². The van der Waals surface area contributed by atoms with Crippen molar-refractivity contribution in [3.05, 3.63) is 90.0 Å².